The molecule has 5 nitrogen and oxygen atoms in total. The van der Waals surface area contributed by atoms with Crippen LogP contribution in [0.15, 0.2) is 18.2 Å². The highest BCUT2D eigenvalue weighted by molar-refractivity contribution is 5.98. The van der Waals surface area contributed by atoms with Crippen LogP contribution in [0.1, 0.15) is 30.1 Å². The number of methoxy groups -OCH3 is 1. The Labute approximate surface area is 124 Å². The van der Waals surface area contributed by atoms with E-state index in [1.54, 1.807) is 11.8 Å². The number of hydrogen-bond donors (Lipinski definition) is 0. The van der Waals surface area contributed by atoms with Crippen LogP contribution in [0.25, 0.3) is 10.9 Å². The minimum atomic E-state index is 0.105. The van der Waals surface area contributed by atoms with Crippen LogP contribution < -0.4 is 4.74 Å². The zero-order valence-corrected chi connectivity index (χ0v) is 12.8. The minimum Gasteiger partial charge on any atom is -0.481 e. The van der Waals surface area contributed by atoms with Gasteiger partial charge in [0.1, 0.15) is 0 Å². The van der Waals surface area contributed by atoms with Crippen LogP contribution in [-0.2, 0) is 7.05 Å². The van der Waals surface area contributed by atoms with Crippen molar-refractivity contribution in [3.05, 3.63) is 23.8 Å². The van der Waals surface area contributed by atoms with Crippen LogP contribution in [0, 0.1) is 5.92 Å². The van der Waals surface area contributed by atoms with Crippen molar-refractivity contribution in [2.24, 2.45) is 13.0 Å². The third-order valence-electron chi connectivity index (χ3n) is 4.16. The van der Waals surface area contributed by atoms with E-state index >= 15 is 0 Å². The molecule has 1 saturated heterocycles. The molecule has 0 spiro atoms. The highest BCUT2D eigenvalue weighted by atomic mass is 16.5. The van der Waals surface area contributed by atoms with Crippen molar-refractivity contribution in [1.29, 1.82) is 0 Å². The number of amides is 1. The summed E-state index contributed by atoms with van der Waals surface area (Å²) in [4.78, 5) is 14.6. The number of hydrogen-bond acceptors (Lipinski definition) is 3. The Hall–Kier alpha value is -2.04. The molecule has 2 heterocycles. The maximum Gasteiger partial charge on any atom is 0.253 e. The third kappa shape index (κ3) is 2.48. The second-order valence-electron chi connectivity index (χ2n) is 5.86. The van der Waals surface area contributed by atoms with Crippen molar-refractivity contribution in [2.75, 3.05) is 20.2 Å². The monoisotopic (exact) mass is 287 g/mol. The number of aryl methyl sites for hydroxylation is 1. The molecule has 1 unspecified atom stereocenters. The minimum absolute atomic E-state index is 0.105. The predicted molar refractivity (Wildman–Crippen MR) is 81.6 cm³/mol. The maximum absolute atomic E-state index is 12.6. The molecule has 1 aromatic heterocycles. The van der Waals surface area contributed by atoms with Crippen LogP contribution in [0.4, 0.5) is 0 Å². The molecular weight excluding hydrogens is 266 g/mol. The average Bonchev–Trinajstić information content (AvgIpc) is 2.80. The summed E-state index contributed by atoms with van der Waals surface area (Å²) < 4.78 is 7.03. The number of carbonyl (C=O) groups excluding carboxylic acids is 1. The lowest BCUT2D eigenvalue weighted by Gasteiger charge is -2.31. The summed E-state index contributed by atoms with van der Waals surface area (Å²) in [5, 5.41) is 5.34. The lowest BCUT2D eigenvalue weighted by molar-refractivity contribution is 0.0683. The Kier molecular flexibility index (Phi) is 3.57. The average molecular weight is 287 g/mol. The molecule has 21 heavy (non-hydrogen) atoms. The van der Waals surface area contributed by atoms with Gasteiger partial charge < -0.3 is 9.64 Å². The summed E-state index contributed by atoms with van der Waals surface area (Å²) in [6, 6.07) is 5.65. The number of piperidine rings is 1. The fourth-order valence-electron chi connectivity index (χ4n) is 3.11. The standard InChI is InChI=1S/C16H21N3O2/c1-11-5-4-8-19(10-11)15(20)12-6-7-13-14(9-12)17-18(2)16(13)21-3/h6-7,9,11H,4-5,8,10H2,1-3H3. The SMILES string of the molecule is COc1c2ccc(C(=O)N3CCCC(C)C3)cc2nn1C. The highest BCUT2D eigenvalue weighted by Crippen LogP contribution is 2.26. The first kappa shape index (κ1) is 13.9. The summed E-state index contributed by atoms with van der Waals surface area (Å²) in [5.74, 6) is 1.41. The Balaban J connectivity index is 1.92. The van der Waals surface area contributed by atoms with Crippen molar-refractivity contribution in [3.63, 3.8) is 0 Å². The first-order valence-electron chi connectivity index (χ1n) is 7.40. The highest BCUT2D eigenvalue weighted by Gasteiger charge is 2.22. The molecule has 1 aliphatic rings. The third-order valence-corrected chi connectivity index (χ3v) is 4.16. The molecule has 112 valence electrons. The number of fused-ring (bicyclic) bond motifs is 1. The zero-order valence-electron chi connectivity index (χ0n) is 12.8. The van der Waals surface area contributed by atoms with Crippen LogP contribution in [0.2, 0.25) is 0 Å². The summed E-state index contributed by atoms with van der Waals surface area (Å²) in [7, 11) is 3.47. The first-order chi connectivity index (χ1) is 10.1. The van der Waals surface area contributed by atoms with Gasteiger partial charge >= 0.3 is 0 Å². The molecule has 1 fully saturated rings. The van der Waals surface area contributed by atoms with Gasteiger partial charge in [-0.25, -0.2) is 4.68 Å². The molecule has 1 amide bonds. The fraction of sp³-hybridized carbons (Fsp3) is 0.500. The van der Waals surface area contributed by atoms with E-state index in [0.29, 0.717) is 11.5 Å². The lowest BCUT2D eigenvalue weighted by atomic mass is 9.99. The van der Waals surface area contributed by atoms with E-state index in [2.05, 4.69) is 12.0 Å². The van der Waals surface area contributed by atoms with E-state index in [1.807, 2.05) is 30.1 Å². The van der Waals surface area contributed by atoms with E-state index in [1.165, 1.54) is 6.42 Å². The van der Waals surface area contributed by atoms with Gasteiger partial charge in [0, 0.05) is 25.7 Å². The summed E-state index contributed by atoms with van der Waals surface area (Å²) >= 11 is 0. The molecule has 5 heteroatoms. The van der Waals surface area contributed by atoms with Gasteiger partial charge in [-0.15, -0.1) is 0 Å². The molecule has 0 radical (unpaired) electrons. The van der Waals surface area contributed by atoms with Crippen molar-refractivity contribution < 1.29 is 9.53 Å². The molecule has 1 aliphatic heterocycles. The van der Waals surface area contributed by atoms with Gasteiger partial charge in [-0.2, -0.15) is 5.10 Å². The molecule has 2 aromatic rings. The molecule has 0 aliphatic carbocycles. The number of likely N-dealkylation sites (tertiary alicyclic amines) is 1. The number of rotatable bonds is 2. The summed E-state index contributed by atoms with van der Waals surface area (Å²) in [5.41, 5.74) is 1.50. The smallest absolute Gasteiger partial charge is 0.253 e. The Morgan fingerprint density at radius 3 is 2.95 bits per heavy atom. The van der Waals surface area contributed by atoms with Gasteiger partial charge in [0.25, 0.3) is 5.91 Å². The number of ether oxygens (including phenoxy) is 1. The zero-order chi connectivity index (χ0) is 15.0. The first-order valence-corrected chi connectivity index (χ1v) is 7.40. The number of carbonyl (C=O) groups is 1. The quantitative estimate of drug-likeness (QED) is 0.852. The van der Waals surface area contributed by atoms with Crippen LogP contribution in [-0.4, -0.2) is 40.8 Å². The summed E-state index contributed by atoms with van der Waals surface area (Å²) in [6.07, 6.45) is 2.30. The lowest BCUT2D eigenvalue weighted by Crippen LogP contribution is -2.39. The number of aromatic nitrogens is 2. The number of nitrogens with zero attached hydrogens (tertiary/aromatic N) is 3. The maximum atomic E-state index is 12.6. The Morgan fingerprint density at radius 1 is 1.43 bits per heavy atom. The molecule has 0 saturated carbocycles. The fourth-order valence-corrected chi connectivity index (χ4v) is 3.11. The van der Waals surface area contributed by atoms with E-state index in [4.69, 9.17) is 4.74 Å². The van der Waals surface area contributed by atoms with Crippen molar-refractivity contribution in [2.45, 2.75) is 19.8 Å². The Bertz CT molecular complexity index is 677. The molecule has 3 rings (SSSR count). The van der Waals surface area contributed by atoms with Crippen LogP contribution >= 0.6 is 0 Å². The van der Waals surface area contributed by atoms with E-state index in [-0.39, 0.29) is 5.91 Å². The Morgan fingerprint density at radius 2 is 2.24 bits per heavy atom. The topological polar surface area (TPSA) is 47.4 Å². The van der Waals surface area contributed by atoms with Crippen LogP contribution in [0.3, 0.4) is 0 Å². The van der Waals surface area contributed by atoms with Crippen molar-refractivity contribution in [3.8, 4) is 5.88 Å². The van der Waals surface area contributed by atoms with Gasteiger partial charge in [0.15, 0.2) is 0 Å². The second-order valence-corrected chi connectivity index (χ2v) is 5.86. The molecule has 0 N–H and O–H groups in total. The van der Waals surface area contributed by atoms with Gasteiger partial charge in [-0.1, -0.05) is 6.92 Å². The van der Waals surface area contributed by atoms with Crippen molar-refractivity contribution in [1.82, 2.24) is 14.7 Å². The predicted octanol–water partition coefficient (Wildman–Crippen LogP) is 2.45. The van der Waals surface area contributed by atoms with E-state index in [9.17, 15) is 4.79 Å². The summed E-state index contributed by atoms with van der Waals surface area (Å²) in [6.45, 7) is 3.90. The normalized spacial score (nSPS) is 19.0. The van der Waals surface area contributed by atoms with E-state index < -0.39 is 0 Å². The van der Waals surface area contributed by atoms with Gasteiger partial charge in [0.05, 0.1) is 18.0 Å². The van der Waals surface area contributed by atoms with Gasteiger partial charge in [-0.05, 0) is 37.0 Å². The second kappa shape index (κ2) is 5.39. The molecule has 1 aromatic carbocycles. The van der Waals surface area contributed by atoms with E-state index in [0.717, 1.165) is 36.3 Å². The van der Waals surface area contributed by atoms with Crippen molar-refractivity contribution >= 4 is 16.8 Å². The van der Waals surface area contributed by atoms with Gasteiger partial charge in [-0.3, -0.25) is 4.79 Å². The largest absolute Gasteiger partial charge is 0.481 e. The van der Waals surface area contributed by atoms with Gasteiger partial charge in [0.2, 0.25) is 5.88 Å². The molecular formula is C16H21N3O2. The molecule has 1 atom stereocenters. The van der Waals surface area contributed by atoms with Crippen LogP contribution in [0.5, 0.6) is 5.88 Å². The molecule has 0 bridgehead atoms. The number of benzene rings is 1.